The van der Waals surface area contributed by atoms with E-state index in [-0.39, 0.29) is 16.8 Å². The van der Waals surface area contributed by atoms with E-state index in [4.69, 9.17) is 42.1 Å². The van der Waals surface area contributed by atoms with E-state index < -0.39 is 12.3 Å². The Morgan fingerprint density at radius 3 is 0.474 bits per heavy atom. The maximum absolute atomic E-state index is 8.09. The summed E-state index contributed by atoms with van der Waals surface area (Å²) >= 11 is 0. The molecule has 1 radical (unpaired) electrons. The molecule has 8 nitrogen and oxygen atoms in total. The second kappa shape index (κ2) is 9.76. The van der Waals surface area contributed by atoms with E-state index in [1.165, 1.54) is 47.7 Å². The van der Waals surface area contributed by atoms with Gasteiger partial charge in [-0.2, -0.15) is 0 Å². The van der Waals surface area contributed by atoms with E-state index in [0.717, 1.165) is 0 Å². The van der Waals surface area contributed by atoms with Crippen molar-refractivity contribution in [2.24, 2.45) is 0 Å². The summed E-state index contributed by atoms with van der Waals surface area (Å²) in [7, 11) is 0. The Bertz CT molecular complexity index is 476. The van der Waals surface area contributed by atoms with Crippen LogP contribution in [0.2, 0.25) is 0 Å². The number of hydrogen-bond acceptors (Lipinski definition) is 8. The minimum Gasteiger partial charge on any atom is -0.245 e. The van der Waals surface area contributed by atoms with Crippen LogP contribution in [0.4, 0.5) is 0 Å². The van der Waals surface area contributed by atoms with Gasteiger partial charge in [-0.3, -0.25) is 0 Å². The number of rotatable bonds is 0. The van der Waals surface area contributed by atoms with Crippen molar-refractivity contribution in [2.45, 2.75) is 0 Å². The zero-order valence-corrected chi connectivity index (χ0v) is 10.1. The Morgan fingerprint density at radius 1 is 0.368 bits per heavy atom. The van der Waals surface area contributed by atoms with Crippen molar-refractivity contribution < 1.29 is 16.8 Å². The van der Waals surface area contributed by atoms with E-state index >= 15 is 0 Å². The van der Waals surface area contributed by atoms with E-state index in [1.807, 2.05) is 0 Å². The van der Waals surface area contributed by atoms with Crippen LogP contribution in [0.1, 0.15) is 0 Å². The molecule has 0 aliphatic carbocycles. The topological polar surface area (TPSA) is 190 Å². The summed E-state index contributed by atoms with van der Waals surface area (Å²) in [5.74, 6) is 10.8. The largest absolute Gasteiger partial charge is 2.00 e. The van der Waals surface area contributed by atoms with E-state index in [0.29, 0.717) is 0 Å². The molecule has 0 bridgehead atoms. The predicted octanol–water partition coefficient (Wildman–Crippen LogP) is -0.630. The Morgan fingerprint density at radius 2 is 0.474 bits per heavy atom. The second-order valence-corrected chi connectivity index (χ2v) is 2.76. The minimum absolute atomic E-state index is 0. The van der Waals surface area contributed by atoms with Crippen LogP contribution in [0.15, 0.2) is 0 Å². The van der Waals surface area contributed by atoms with Crippen LogP contribution < -0.4 is 0 Å². The molecule has 0 aliphatic rings. The first-order chi connectivity index (χ1) is 8.49. The van der Waals surface area contributed by atoms with Gasteiger partial charge in [0.1, 0.15) is 0 Å². The average molecular weight is 289 g/mol. The number of nitrogens with zero attached hydrogens (tertiary/aromatic N) is 8. The molecule has 0 aliphatic heterocycles. The van der Waals surface area contributed by atoms with Crippen molar-refractivity contribution in [1.82, 2.24) is 0 Å². The molecule has 0 saturated heterocycles. The SMILES string of the molecule is N#C[B-](C#N)(C#N)C#N.N#C[B-](C#N)(C#N)C#N.[Co+2]. The maximum Gasteiger partial charge on any atom is 2.00 e. The molecular weight excluding hydrogens is 289 g/mol. The van der Waals surface area contributed by atoms with Gasteiger partial charge in [0.05, 0.1) is 0 Å². The van der Waals surface area contributed by atoms with Gasteiger partial charge in [-0.1, -0.05) is 0 Å². The quantitative estimate of drug-likeness (QED) is 0.526. The van der Waals surface area contributed by atoms with Gasteiger partial charge in [-0.05, 0) is 0 Å². The van der Waals surface area contributed by atoms with Crippen molar-refractivity contribution in [1.29, 1.82) is 42.1 Å². The summed E-state index contributed by atoms with van der Waals surface area (Å²) in [6, 6.07) is 0. The summed E-state index contributed by atoms with van der Waals surface area (Å²) in [6.07, 6.45) is -5.44. The predicted molar refractivity (Wildman–Crippen MR) is 56.4 cm³/mol. The molecule has 0 atom stereocenters. The first kappa shape index (κ1) is 20.9. The third kappa shape index (κ3) is 5.43. The van der Waals surface area contributed by atoms with E-state index in [9.17, 15) is 0 Å². The Balaban J connectivity index is -0.000000256. The molecule has 0 fully saturated rings. The van der Waals surface area contributed by atoms with Crippen molar-refractivity contribution in [3.63, 3.8) is 0 Å². The van der Waals surface area contributed by atoms with Gasteiger partial charge in [0.2, 0.25) is 0 Å². The fourth-order valence-electron chi connectivity index (χ4n) is 0.346. The van der Waals surface area contributed by atoms with Crippen LogP contribution in [-0.2, 0) is 16.8 Å². The van der Waals surface area contributed by atoms with Crippen LogP contribution in [0, 0.1) is 89.8 Å². The van der Waals surface area contributed by atoms with Crippen molar-refractivity contribution >= 4 is 12.3 Å². The standard InChI is InChI=1S/2C4BN4.Co/c2*6-1-5(2-7,3-8)4-9;/q2*-1;+2. The normalized spacial score (nSPS) is 7.16. The molecule has 0 spiro atoms. The van der Waals surface area contributed by atoms with Gasteiger partial charge in [0.25, 0.3) is 0 Å². The van der Waals surface area contributed by atoms with Gasteiger partial charge >= 0.3 is 29.1 Å². The zero-order chi connectivity index (χ0) is 14.7. The van der Waals surface area contributed by atoms with Gasteiger partial charge < -0.3 is 0 Å². The second-order valence-electron chi connectivity index (χ2n) is 2.76. The smallest absolute Gasteiger partial charge is 0.245 e. The van der Waals surface area contributed by atoms with Crippen LogP contribution in [0.3, 0.4) is 0 Å². The fraction of sp³-hybridized carbons (Fsp3) is 0. The molecule has 0 heterocycles. The summed E-state index contributed by atoms with van der Waals surface area (Å²) < 4.78 is 0. The van der Waals surface area contributed by atoms with Crippen molar-refractivity contribution in [3.8, 4) is 47.7 Å². The third-order valence-electron chi connectivity index (χ3n) is 1.55. The Hall–Kier alpha value is -3.44. The van der Waals surface area contributed by atoms with E-state index in [1.54, 1.807) is 0 Å². The maximum atomic E-state index is 8.09. The van der Waals surface area contributed by atoms with Gasteiger partial charge in [0.15, 0.2) is 0 Å². The monoisotopic (exact) mass is 289 g/mol. The minimum atomic E-state index is -2.72. The third-order valence-corrected chi connectivity index (χ3v) is 1.55. The summed E-state index contributed by atoms with van der Waals surface area (Å²) in [4.78, 5) is 0. The molecule has 0 N–H and O–H groups in total. The van der Waals surface area contributed by atoms with Crippen molar-refractivity contribution in [2.75, 3.05) is 0 Å². The molecule has 0 aromatic carbocycles. The molecule has 0 aromatic rings. The summed E-state index contributed by atoms with van der Waals surface area (Å²) in [6.45, 7) is 0. The first-order valence-electron chi connectivity index (χ1n) is 4.10. The van der Waals surface area contributed by atoms with Crippen LogP contribution >= 0.6 is 0 Å². The van der Waals surface area contributed by atoms with Gasteiger partial charge in [-0.15, -0.1) is 47.7 Å². The Kier molecular flexibility index (Phi) is 10.7. The van der Waals surface area contributed by atoms with Crippen LogP contribution in [0.5, 0.6) is 0 Å². The summed E-state index contributed by atoms with van der Waals surface area (Å²) in [5.41, 5.74) is 0. The number of hydrogen-bond donors (Lipinski definition) is 0. The Labute approximate surface area is 119 Å². The first-order valence-corrected chi connectivity index (χ1v) is 4.10. The fourth-order valence-corrected chi connectivity index (χ4v) is 0.346. The molecule has 0 amide bonds. The van der Waals surface area contributed by atoms with Gasteiger partial charge in [-0.25, -0.2) is 42.1 Å². The molecule has 0 aromatic heterocycles. The number of nitriles is 8. The van der Waals surface area contributed by atoms with Gasteiger partial charge in [0, 0.05) is 0 Å². The van der Waals surface area contributed by atoms with Crippen LogP contribution in [-0.4, -0.2) is 12.3 Å². The molecule has 0 rings (SSSR count). The molecule has 0 unspecified atom stereocenters. The molecule has 0 saturated carbocycles. The average Bonchev–Trinajstić information content (AvgIpc) is 2.46. The molecule has 87 valence electrons. The molecule has 19 heavy (non-hydrogen) atoms. The molecule has 11 heteroatoms. The van der Waals surface area contributed by atoms with E-state index in [2.05, 4.69) is 0 Å². The zero-order valence-electron chi connectivity index (χ0n) is 9.07. The van der Waals surface area contributed by atoms with Crippen LogP contribution in [0.25, 0.3) is 0 Å². The molecular formula is C8B2CoN8. The summed E-state index contributed by atoms with van der Waals surface area (Å²) in [5, 5.41) is 64.7. The van der Waals surface area contributed by atoms with Crippen molar-refractivity contribution in [3.05, 3.63) is 0 Å².